The lowest BCUT2D eigenvalue weighted by atomic mass is 10.3. The highest BCUT2D eigenvalue weighted by Gasteiger charge is 2.16. The van der Waals surface area contributed by atoms with E-state index in [1.807, 2.05) is 18.2 Å². The largest absolute Gasteiger partial charge is 0.273 e. The van der Waals surface area contributed by atoms with Crippen LogP contribution in [0.1, 0.15) is 11.5 Å². The van der Waals surface area contributed by atoms with Crippen LogP contribution >= 0.6 is 11.5 Å². The monoisotopic (exact) mass is 412 g/mol. The number of sulfonamides is 1. The maximum absolute atomic E-state index is 12.6. The summed E-state index contributed by atoms with van der Waals surface area (Å²) in [5.74, 6) is 0.701. The molecule has 9 heteroatoms. The van der Waals surface area contributed by atoms with Gasteiger partial charge in [-0.05, 0) is 50.2 Å². The summed E-state index contributed by atoms with van der Waals surface area (Å²) in [6, 6.07) is 15.1. The number of rotatable bonds is 4. The molecule has 0 spiro atoms. The molecule has 0 aliphatic carbocycles. The van der Waals surface area contributed by atoms with Crippen molar-refractivity contribution in [1.82, 2.24) is 13.9 Å². The van der Waals surface area contributed by atoms with E-state index in [4.69, 9.17) is 0 Å². The van der Waals surface area contributed by atoms with E-state index in [-0.39, 0.29) is 16.3 Å². The van der Waals surface area contributed by atoms with Crippen LogP contribution in [0.2, 0.25) is 0 Å². The molecular weight excluding hydrogens is 396 g/mol. The van der Waals surface area contributed by atoms with E-state index in [0.29, 0.717) is 22.6 Å². The summed E-state index contributed by atoms with van der Waals surface area (Å²) in [6.45, 7) is 3.46. The standard InChI is InChI=1S/C19H16N4O3S2/c1-12-11-18(21-13(2)20-12)22-28(25,26)15-9-7-14(8-10-15)23-19(24)16-5-3-4-6-17(16)27-23/h3-11H,1-2H3,(H,20,21,22). The van der Waals surface area contributed by atoms with E-state index in [1.54, 1.807) is 42.1 Å². The average Bonchev–Trinajstić information content (AvgIpc) is 2.98. The molecule has 0 aliphatic rings. The Hall–Kier alpha value is -3.04. The normalized spacial score (nSPS) is 11.6. The highest BCUT2D eigenvalue weighted by molar-refractivity contribution is 7.92. The molecule has 7 nitrogen and oxygen atoms in total. The Morgan fingerprint density at radius 1 is 1.00 bits per heavy atom. The van der Waals surface area contributed by atoms with Crippen LogP contribution in [-0.2, 0) is 10.0 Å². The van der Waals surface area contributed by atoms with Gasteiger partial charge in [-0.2, -0.15) is 0 Å². The van der Waals surface area contributed by atoms with E-state index >= 15 is 0 Å². The molecule has 0 atom stereocenters. The van der Waals surface area contributed by atoms with Crippen LogP contribution in [0.5, 0.6) is 0 Å². The van der Waals surface area contributed by atoms with Crippen LogP contribution in [0.15, 0.2) is 64.3 Å². The molecule has 0 saturated carbocycles. The van der Waals surface area contributed by atoms with Gasteiger partial charge in [-0.15, -0.1) is 0 Å². The fourth-order valence-corrected chi connectivity index (χ4v) is 4.86. The fourth-order valence-electron chi connectivity index (χ4n) is 2.87. The van der Waals surface area contributed by atoms with Gasteiger partial charge in [0.15, 0.2) is 0 Å². The van der Waals surface area contributed by atoms with Gasteiger partial charge in [-0.25, -0.2) is 22.3 Å². The van der Waals surface area contributed by atoms with Crippen LogP contribution in [0.3, 0.4) is 0 Å². The maximum Gasteiger partial charge on any atom is 0.273 e. The minimum Gasteiger partial charge on any atom is -0.267 e. The summed E-state index contributed by atoms with van der Waals surface area (Å²) in [5, 5.41) is 0.639. The average molecular weight is 412 g/mol. The van der Waals surface area contributed by atoms with Crippen molar-refractivity contribution in [2.75, 3.05) is 4.72 Å². The molecular formula is C19H16N4O3S2. The second-order valence-corrected chi connectivity index (χ2v) is 8.90. The molecule has 0 radical (unpaired) electrons. The second kappa shape index (κ2) is 6.84. The van der Waals surface area contributed by atoms with E-state index in [1.165, 1.54) is 23.7 Å². The Bertz CT molecular complexity index is 1320. The van der Waals surface area contributed by atoms with Crippen LogP contribution < -0.4 is 10.3 Å². The summed E-state index contributed by atoms with van der Waals surface area (Å²) in [7, 11) is -3.80. The summed E-state index contributed by atoms with van der Waals surface area (Å²) in [4.78, 5) is 20.9. The number of aromatic nitrogens is 3. The molecule has 2 aromatic carbocycles. The zero-order valence-electron chi connectivity index (χ0n) is 15.1. The van der Waals surface area contributed by atoms with Crippen molar-refractivity contribution in [3.63, 3.8) is 0 Å². The van der Waals surface area contributed by atoms with Gasteiger partial charge in [0.1, 0.15) is 11.6 Å². The number of fused-ring (bicyclic) bond motifs is 1. The van der Waals surface area contributed by atoms with E-state index in [9.17, 15) is 13.2 Å². The Morgan fingerprint density at radius 3 is 2.39 bits per heavy atom. The topological polar surface area (TPSA) is 94.0 Å². The third kappa shape index (κ3) is 3.41. The minimum absolute atomic E-state index is 0.0827. The summed E-state index contributed by atoms with van der Waals surface area (Å²) in [5.41, 5.74) is 1.16. The van der Waals surface area contributed by atoms with Crippen LogP contribution in [0.25, 0.3) is 15.8 Å². The van der Waals surface area contributed by atoms with Gasteiger partial charge < -0.3 is 0 Å². The maximum atomic E-state index is 12.6. The highest BCUT2D eigenvalue weighted by atomic mass is 32.2. The van der Waals surface area contributed by atoms with Crippen molar-refractivity contribution in [3.8, 4) is 5.69 Å². The van der Waals surface area contributed by atoms with Crippen molar-refractivity contribution in [2.24, 2.45) is 0 Å². The highest BCUT2D eigenvalue weighted by Crippen LogP contribution is 2.22. The summed E-state index contributed by atoms with van der Waals surface area (Å²) < 4.78 is 30.2. The fraction of sp³-hybridized carbons (Fsp3) is 0.105. The molecule has 4 rings (SSSR count). The second-order valence-electron chi connectivity index (χ2n) is 6.23. The van der Waals surface area contributed by atoms with E-state index in [0.717, 1.165) is 4.70 Å². The zero-order chi connectivity index (χ0) is 19.9. The van der Waals surface area contributed by atoms with Crippen molar-refractivity contribution in [3.05, 3.63) is 76.5 Å². The molecule has 2 heterocycles. The van der Waals surface area contributed by atoms with E-state index < -0.39 is 10.0 Å². The minimum atomic E-state index is -3.80. The van der Waals surface area contributed by atoms with Gasteiger partial charge in [0.2, 0.25) is 0 Å². The van der Waals surface area contributed by atoms with Crippen molar-refractivity contribution in [2.45, 2.75) is 18.7 Å². The Kier molecular flexibility index (Phi) is 4.48. The first-order valence-electron chi connectivity index (χ1n) is 8.40. The first-order valence-corrected chi connectivity index (χ1v) is 10.7. The van der Waals surface area contributed by atoms with E-state index in [2.05, 4.69) is 14.7 Å². The summed E-state index contributed by atoms with van der Waals surface area (Å²) in [6.07, 6.45) is 0. The molecule has 1 N–H and O–H groups in total. The van der Waals surface area contributed by atoms with Crippen molar-refractivity contribution >= 4 is 37.5 Å². The third-order valence-corrected chi connectivity index (χ3v) is 6.56. The molecule has 142 valence electrons. The lowest BCUT2D eigenvalue weighted by molar-refractivity contribution is 0.601. The molecule has 2 aromatic heterocycles. The number of benzene rings is 2. The molecule has 0 unspecified atom stereocenters. The first kappa shape index (κ1) is 18.3. The van der Waals surface area contributed by atoms with Crippen molar-refractivity contribution in [1.29, 1.82) is 0 Å². The number of aryl methyl sites for hydroxylation is 2. The molecule has 0 saturated heterocycles. The van der Waals surface area contributed by atoms with Gasteiger partial charge in [0.25, 0.3) is 15.6 Å². The number of nitrogens with one attached hydrogen (secondary N) is 1. The molecule has 28 heavy (non-hydrogen) atoms. The third-order valence-electron chi connectivity index (χ3n) is 4.08. The first-order chi connectivity index (χ1) is 13.3. The molecule has 0 amide bonds. The van der Waals surface area contributed by atoms with Crippen LogP contribution in [0.4, 0.5) is 5.82 Å². The van der Waals surface area contributed by atoms with Crippen LogP contribution in [-0.4, -0.2) is 22.3 Å². The Balaban J connectivity index is 1.66. The number of anilines is 1. The smallest absolute Gasteiger partial charge is 0.267 e. The lowest BCUT2D eigenvalue weighted by Gasteiger charge is -2.09. The zero-order valence-corrected chi connectivity index (χ0v) is 16.7. The Labute approximate surface area is 165 Å². The number of hydrogen-bond acceptors (Lipinski definition) is 6. The predicted molar refractivity (Wildman–Crippen MR) is 110 cm³/mol. The van der Waals surface area contributed by atoms with Gasteiger partial charge in [-0.1, -0.05) is 23.7 Å². The number of hydrogen-bond donors (Lipinski definition) is 1. The van der Waals surface area contributed by atoms with Gasteiger partial charge in [0, 0.05) is 11.8 Å². The van der Waals surface area contributed by atoms with Gasteiger partial charge in [0.05, 0.1) is 20.7 Å². The van der Waals surface area contributed by atoms with Gasteiger partial charge >= 0.3 is 0 Å². The van der Waals surface area contributed by atoms with Crippen molar-refractivity contribution < 1.29 is 8.42 Å². The number of nitrogens with zero attached hydrogens (tertiary/aromatic N) is 3. The molecule has 0 fully saturated rings. The Morgan fingerprint density at radius 2 is 1.71 bits per heavy atom. The van der Waals surface area contributed by atoms with Crippen LogP contribution in [0, 0.1) is 13.8 Å². The molecule has 4 aromatic rings. The van der Waals surface area contributed by atoms with Gasteiger partial charge in [-0.3, -0.25) is 9.52 Å². The summed E-state index contributed by atoms with van der Waals surface area (Å²) >= 11 is 1.32. The molecule has 0 aliphatic heterocycles. The quantitative estimate of drug-likeness (QED) is 0.555. The predicted octanol–water partition coefficient (Wildman–Crippen LogP) is 3.26. The SMILES string of the molecule is Cc1cc(NS(=O)(=O)c2ccc(-n3sc4ccccc4c3=O)cc2)nc(C)n1. The lowest BCUT2D eigenvalue weighted by Crippen LogP contribution is -2.15. The molecule has 0 bridgehead atoms.